The largest absolute Gasteiger partial charge is 0.495 e. The van der Waals surface area contributed by atoms with Crippen molar-refractivity contribution < 1.29 is 19.1 Å². The topological polar surface area (TPSA) is 100 Å². The van der Waals surface area contributed by atoms with E-state index in [0.717, 1.165) is 18.4 Å². The Bertz CT molecular complexity index is 977. The van der Waals surface area contributed by atoms with Gasteiger partial charge in [-0.15, -0.1) is 0 Å². The maximum absolute atomic E-state index is 12.6. The highest BCUT2D eigenvalue weighted by Crippen LogP contribution is 2.25. The molecule has 2 rings (SSSR count). The molecule has 0 saturated heterocycles. The van der Waals surface area contributed by atoms with E-state index in [-0.39, 0.29) is 16.8 Å². The van der Waals surface area contributed by atoms with Crippen molar-refractivity contribution in [3.8, 4) is 11.8 Å². The van der Waals surface area contributed by atoms with E-state index in [0.29, 0.717) is 18.0 Å². The molecule has 0 bridgehead atoms. The van der Waals surface area contributed by atoms with Crippen molar-refractivity contribution in [3.63, 3.8) is 0 Å². The van der Waals surface area contributed by atoms with Gasteiger partial charge in [-0.2, -0.15) is 5.26 Å². The molecular weight excluding hydrogens is 382 g/mol. The predicted molar refractivity (Wildman–Crippen MR) is 115 cm³/mol. The Hall–Kier alpha value is -3.79. The lowest BCUT2D eigenvalue weighted by atomic mass is 10.1. The van der Waals surface area contributed by atoms with E-state index in [4.69, 9.17) is 9.47 Å². The number of benzene rings is 2. The normalized spacial score (nSPS) is 10.7. The van der Waals surface area contributed by atoms with E-state index < -0.39 is 11.9 Å². The molecule has 0 aliphatic heterocycles. The maximum atomic E-state index is 12.6. The van der Waals surface area contributed by atoms with Crippen LogP contribution < -0.4 is 15.4 Å². The molecule has 0 saturated carbocycles. The molecule has 0 aliphatic rings. The van der Waals surface area contributed by atoms with Crippen molar-refractivity contribution in [1.29, 1.82) is 5.26 Å². The molecule has 2 N–H and O–H groups in total. The summed E-state index contributed by atoms with van der Waals surface area (Å²) in [6, 6.07) is 13.9. The van der Waals surface area contributed by atoms with Gasteiger partial charge in [0.1, 0.15) is 17.4 Å². The van der Waals surface area contributed by atoms with Crippen LogP contribution in [0.2, 0.25) is 0 Å². The van der Waals surface area contributed by atoms with Gasteiger partial charge in [0.15, 0.2) is 0 Å². The summed E-state index contributed by atoms with van der Waals surface area (Å²) in [6.45, 7) is 4.23. The minimum Gasteiger partial charge on any atom is -0.495 e. The number of amides is 1. The number of aryl methyl sites for hydroxylation is 1. The number of nitriles is 1. The number of unbranched alkanes of at least 4 members (excludes halogenated alkanes) is 1. The van der Waals surface area contributed by atoms with Crippen LogP contribution in [0.3, 0.4) is 0 Å². The van der Waals surface area contributed by atoms with Crippen LogP contribution in [0, 0.1) is 18.3 Å². The first kappa shape index (κ1) is 22.5. The molecule has 7 nitrogen and oxygen atoms in total. The summed E-state index contributed by atoms with van der Waals surface area (Å²) in [5.74, 6) is -0.593. The van der Waals surface area contributed by atoms with E-state index in [9.17, 15) is 14.9 Å². The van der Waals surface area contributed by atoms with Gasteiger partial charge in [0.05, 0.1) is 30.7 Å². The molecule has 0 radical (unpaired) electrons. The van der Waals surface area contributed by atoms with E-state index in [1.54, 1.807) is 30.3 Å². The Morgan fingerprint density at radius 2 is 1.93 bits per heavy atom. The van der Waals surface area contributed by atoms with Gasteiger partial charge >= 0.3 is 5.97 Å². The van der Waals surface area contributed by atoms with Gasteiger partial charge in [0, 0.05) is 6.20 Å². The second-order valence-electron chi connectivity index (χ2n) is 6.51. The number of rotatable bonds is 9. The zero-order valence-electron chi connectivity index (χ0n) is 17.3. The van der Waals surface area contributed by atoms with Crippen molar-refractivity contribution in [2.75, 3.05) is 24.4 Å². The molecule has 0 heterocycles. The molecule has 1 amide bonds. The first-order valence-electron chi connectivity index (χ1n) is 9.59. The van der Waals surface area contributed by atoms with Crippen molar-refractivity contribution in [1.82, 2.24) is 0 Å². The number of esters is 1. The Morgan fingerprint density at radius 3 is 2.63 bits per heavy atom. The lowest BCUT2D eigenvalue weighted by Gasteiger charge is -2.11. The van der Waals surface area contributed by atoms with E-state index in [2.05, 4.69) is 10.6 Å². The fourth-order valence-corrected chi connectivity index (χ4v) is 2.58. The Morgan fingerprint density at radius 1 is 1.17 bits per heavy atom. The molecule has 0 aliphatic carbocycles. The van der Waals surface area contributed by atoms with Crippen molar-refractivity contribution in [2.24, 2.45) is 0 Å². The maximum Gasteiger partial charge on any atom is 0.340 e. The number of nitrogens with zero attached hydrogens (tertiary/aromatic N) is 1. The fraction of sp³-hybridized carbons (Fsp3) is 0.261. The summed E-state index contributed by atoms with van der Waals surface area (Å²) in [4.78, 5) is 24.9. The van der Waals surface area contributed by atoms with Gasteiger partial charge in [-0.05, 0) is 43.2 Å². The Balaban J connectivity index is 2.16. The van der Waals surface area contributed by atoms with E-state index in [1.165, 1.54) is 13.3 Å². The Kier molecular flexibility index (Phi) is 8.45. The summed E-state index contributed by atoms with van der Waals surface area (Å²) in [7, 11) is 1.54. The molecule has 0 aromatic heterocycles. The Labute approximate surface area is 176 Å². The molecule has 30 heavy (non-hydrogen) atoms. The first-order valence-corrected chi connectivity index (χ1v) is 9.59. The monoisotopic (exact) mass is 407 g/mol. The smallest absolute Gasteiger partial charge is 0.340 e. The molecule has 0 fully saturated rings. The lowest BCUT2D eigenvalue weighted by molar-refractivity contribution is -0.112. The standard InChI is InChI=1S/C23H25N3O4/c1-4-5-12-30-23(28)18-8-6-7-9-19(18)26-22(27)17(14-24)15-25-20-13-16(2)10-11-21(20)29-3/h6-11,13,15,25H,4-5,12H2,1-3H3,(H,26,27)/b17-15-. The number of ether oxygens (including phenoxy) is 2. The third-order valence-electron chi connectivity index (χ3n) is 4.22. The highest BCUT2D eigenvalue weighted by atomic mass is 16.5. The first-order chi connectivity index (χ1) is 14.5. The SMILES string of the molecule is CCCCOC(=O)c1ccccc1NC(=O)/C(C#N)=C\Nc1cc(C)ccc1OC. The summed E-state index contributed by atoms with van der Waals surface area (Å²) in [5.41, 5.74) is 1.96. The van der Waals surface area contributed by atoms with Crippen LogP contribution in [0.5, 0.6) is 5.75 Å². The molecule has 156 valence electrons. The quantitative estimate of drug-likeness (QED) is 0.276. The van der Waals surface area contributed by atoms with Gasteiger partial charge in [-0.25, -0.2) is 4.79 Å². The lowest BCUT2D eigenvalue weighted by Crippen LogP contribution is -2.18. The summed E-state index contributed by atoms with van der Waals surface area (Å²) < 4.78 is 10.5. The minimum absolute atomic E-state index is 0.160. The highest BCUT2D eigenvalue weighted by Gasteiger charge is 2.16. The average molecular weight is 407 g/mol. The number of methoxy groups -OCH3 is 1. The molecule has 0 unspecified atom stereocenters. The number of nitrogens with one attached hydrogen (secondary N) is 2. The van der Waals surface area contributed by atoms with E-state index in [1.807, 2.05) is 32.0 Å². The van der Waals surface area contributed by atoms with Gasteiger partial charge in [0.2, 0.25) is 0 Å². The molecule has 0 atom stereocenters. The second-order valence-corrected chi connectivity index (χ2v) is 6.51. The number of carbonyl (C=O) groups excluding carboxylic acids is 2. The number of hydrogen-bond acceptors (Lipinski definition) is 6. The molecule has 2 aromatic carbocycles. The summed E-state index contributed by atoms with van der Waals surface area (Å²) in [6.07, 6.45) is 2.96. The molecule has 0 spiro atoms. The average Bonchev–Trinajstić information content (AvgIpc) is 2.74. The van der Waals surface area contributed by atoms with Crippen LogP contribution in [0.4, 0.5) is 11.4 Å². The second kappa shape index (κ2) is 11.3. The zero-order chi connectivity index (χ0) is 21.9. The van der Waals surface area contributed by atoms with Crippen LogP contribution in [0.1, 0.15) is 35.7 Å². The van der Waals surface area contributed by atoms with Crippen molar-refractivity contribution in [2.45, 2.75) is 26.7 Å². The number of para-hydroxylation sites is 1. The van der Waals surface area contributed by atoms with Gasteiger partial charge in [0.25, 0.3) is 5.91 Å². The third-order valence-corrected chi connectivity index (χ3v) is 4.22. The fourth-order valence-electron chi connectivity index (χ4n) is 2.58. The van der Waals surface area contributed by atoms with Crippen LogP contribution in [0.15, 0.2) is 54.2 Å². The van der Waals surface area contributed by atoms with Crippen LogP contribution in [0.25, 0.3) is 0 Å². The molecule has 7 heteroatoms. The summed E-state index contributed by atoms with van der Waals surface area (Å²) in [5, 5.41) is 15.0. The highest BCUT2D eigenvalue weighted by molar-refractivity contribution is 6.09. The van der Waals surface area contributed by atoms with Crippen LogP contribution in [-0.4, -0.2) is 25.6 Å². The zero-order valence-corrected chi connectivity index (χ0v) is 17.3. The summed E-state index contributed by atoms with van der Waals surface area (Å²) >= 11 is 0. The number of carbonyl (C=O) groups is 2. The van der Waals surface area contributed by atoms with Crippen LogP contribution >= 0.6 is 0 Å². The molecular formula is C23H25N3O4. The van der Waals surface area contributed by atoms with E-state index >= 15 is 0 Å². The van der Waals surface area contributed by atoms with Crippen molar-refractivity contribution >= 4 is 23.3 Å². The third kappa shape index (κ3) is 6.11. The van der Waals surface area contributed by atoms with Gasteiger partial charge in [-0.3, -0.25) is 4.79 Å². The van der Waals surface area contributed by atoms with Crippen molar-refractivity contribution in [3.05, 3.63) is 65.4 Å². The number of hydrogen-bond donors (Lipinski definition) is 2. The predicted octanol–water partition coefficient (Wildman–Crippen LogP) is 4.42. The van der Waals surface area contributed by atoms with Gasteiger partial charge < -0.3 is 20.1 Å². The number of anilines is 2. The molecule has 2 aromatic rings. The minimum atomic E-state index is -0.648. The van der Waals surface area contributed by atoms with Gasteiger partial charge in [-0.1, -0.05) is 31.5 Å². The van der Waals surface area contributed by atoms with Crippen LogP contribution in [-0.2, 0) is 9.53 Å².